The minimum Gasteiger partial charge on any atom is -0.494 e. The number of halogens is 1. The van der Waals surface area contributed by atoms with Crippen molar-refractivity contribution in [3.63, 3.8) is 0 Å². The molecular weight excluding hydrogens is 405 g/mol. The van der Waals surface area contributed by atoms with Gasteiger partial charge in [-0.2, -0.15) is 0 Å². The van der Waals surface area contributed by atoms with Gasteiger partial charge in [-0.25, -0.2) is 4.39 Å². The molecule has 0 bridgehead atoms. The van der Waals surface area contributed by atoms with Gasteiger partial charge in [0.2, 0.25) is 0 Å². The summed E-state index contributed by atoms with van der Waals surface area (Å²) < 4.78 is 19.1. The van der Waals surface area contributed by atoms with Crippen molar-refractivity contribution in [2.75, 3.05) is 50.8 Å². The highest BCUT2D eigenvalue weighted by molar-refractivity contribution is 5.94. The normalized spacial score (nSPS) is 19.8. The first-order valence-electron chi connectivity index (χ1n) is 11.9. The van der Waals surface area contributed by atoms with E-state index in [4.69, 9.17) is 4.74 Å². The van der Waals surface area contributed by atoms with Gasteiger partial charge in [0.25, 0.3) is 5.91 Å². The van der Waals surface area contributed by atoms with E-state index in [-0.39, 0.29) is 17.8 Å². The Hall–Kier alpha value is -2.60. The Labute approximate surface area is 190 Å². The number of carbonyl (C=O) groups excluding carboxylic acids is 1. The number of benzene rings is 2. The van der Waals surface area contributed by atoms with Gasteiger partial charge < -0.3 is 19.4 Å². The van der Waals surface area contributed by atoms with Crippen LogP contribution < -0.4 is 9.64 Å². The number of nitrogens with zero attached hydrogens (tertiary/aromatic N) is 3. The Balaban J connectivity index is 1.24. The van der Waals surface area contributed by atoms with Crippen molar-refractivity contribution < 1.29 is 13.9 Å². The molecule has 2 aliphatic rings. The Kier molecular flexibility index (Phi) is 7.63. The van der Waals surface area contributed by atoms with E-state index in [0.717, 1.165) is 44.1 Å². The van der Waals surface area contributed by atoms with Gasteiger partial charge in [-0.3, -0.25) is 4.79 Å². The lowest BCUT2D eigenvalue weighted by Crippen LogP contribution is -2.54. The number of piperidine rings is 1. The third-order valence-electron chi connectivity index (χ3n) is 6.52. The van der Waals surface area contributed by atoms with Crippen LogP contribution in [0.1, 0.15) is 43.0 Å². The second-order valence-corrected chi connectivity index (χ2v) is 8.90. The summed E-state index contributed by atoms with van der Waals surface area (Å²) in [6.07, 6.45) is 5.09. The second kappa shape index (κ2) is 10.8. The zero-order valence-corrected chi connectivity index (χ0v) is 19.0. The highest BCUT2D eigenvalue weighted by Gasteiger charge is 2.28. The van der Waals surface area contributed by atoms with Crippen LogP contribution in [0.3, 0.4) is 0 Å². The Morgan fingerprint density at radius 3 is 2.38 bits per heavy atom. The van der Waals surface area contributed by atoms with E-state index in [1.165, 1.54) is 44.5 Å². The van der Waals surface area contributed by atoms with Crippen LogP contribution in [0.5, 0.6) is 5.75 Å². The van der Waals surface area contributed by atoms with Crippen molar-refractivity contribution in [1.29, 1.82) is 0 Å². The van der Waals surface area contributed by atoms with E-state index >= 15 is 0 Å². The van der Waals surface area contributed by atoms with Crippen LogP contribution in [0.15, 0.2) is 48.5 Å². The standard InChI is InChI=1S/C26H34FN3O2/c1-21-20-29(17-18-30(21)26(31)22-6-8-23(27)9-7-22)24-10-12-25(13-11-24)32-19-5-16-28-14-3-2-4-15-28/h6-13,21H,2-5,14-20H2,1H3/t21-/m0/s1. The molecular formula is C26H34FN3O2. The van der Waals surface area contributed by atoms with Crippen LogP contribution in [0.2, 0.25) is 0 Å². The molecule has 1 atom stereocenters. The van der Waals surface area contributed by atoms with Gasteiger partial charge in [-0.05, 0) is 87.8 Å². The third kappa shape index (κ3) is 5.80. The maximum absolute atomic E-state index is 13.2. The molecule has 2 fully saturated rings. The predicted octanol–water partition coefficient (Wildman–Crippen LogP) is 4.43. The summed E-state index contributed by atoms with van der Waals surface area (Å²) in [5, 5.41) is 0. The van der Waals surface area contributed by atoms with Gasteiger partial charge in [0.05, 0.1) is 6.61 Å². The molecule has 0 saturated carbocycles. The number of carbonyl (C=O) groups is 1. The lowest BCUT2D eigenvalue weighted by molar-refractivity contribution is 0.0674. The smallest absolute Gasteiger partial charge is 0.254 e. The summed E-state index contributed by atoms with van der Waals surface area (Å²) >= 11 is 0. The van der Waals surface area contributed by atoms with Gasteiger partial charge in [0.15, 0.2) is 0 Å². The molecule has 0 N–H and O–H groups in total. The lowest BCUT2D eigenvalue weighted by Gasteiger charge is -2.41. The first-order valence-corrected chi connectivity index (χ1v) is 11.9. The van der Waals surface area contributed by atoms with Crippen molar-refractivity contribution in [2.45, 2.75) is 38.6 Å². The molecule has 0 aliphatic carbocycles. The molecule has 32 heavy (non-hydrogen) atoms. The molecule has 2 aliphatic heterocycles. The SMILES string of the molecule is C[C@H]1CN(c2ccc(OCCCN3CCCCC3)cc2)CCN1C(=O)c1ccc(F)cc1. The van der Waals surface area contributed by atoms with E-state index in [0.29, 0.717) is 12.1 Å². The molecule has 0 aromatic heterocycles. The highest BCUT2D eigenvalue weighted by Crippen LogP contribution is 2.23. The van der Waals surface area contributed by atoms with Crippen molar-refractivity contribution in [3.05, 3.63) is 59.9 Å². The molecule has 0 unspecified atom stereocenters. The minimum atomic E-state index is -0.325. The van der Waals surface area contributed by atoms with E-state index in [1.54, 1.807) is 12.1 Å². The van der Waals surface area contributed by atoms with Gasteiger partial charge in [0.1, 0.15) is 11.6 Å². The molecule has 1 amide bonds. The molecule has 5 nitrogen and oxygen atoms in total. The second-order valence-electron chi connectivity index (χ2n) is 8.90. The fourth-order valence-corrected chi connectivity index (χ4v) is 4.67. The summed E-state index contributed by atoms with van der Waals surface area (Å²) in [6, 6.07) is 14.1. The van der Waals surface area contributed by atoms with Gasteiger partial charge in [-0.15, -0.1) is 0 Å². The number of hydrogen-bond acceptors (Lipinski definition) is 4. The number of ether oxygens (including phenoxy) is 1. The number of rotatable bonds is 7. The highest BCUT2D eigenvalue weighted by atomic mass is 19.1. The molecule has 2 heterocycles. The number of likely N-dealkylation sites (tertiary alicyclic amines) is 1. The van der Waals surface area contributed by atoms with Crippen molar-refractivity contribution in [1.82, 2.24) is 9.80 Å². The summed E-state index contributed by atoms with van der Waals surface area (Å²) in [5.74, 6) is 0.546. The van der Waals surface area contributed by atoms with Crippen LogP contribution >= 0.6 is 0 Å². The van der Waals surface area contributed by atoms with Crippen molar-refractivity contribution >= 4 is 11.6 Å². The summed E-state index contributed by atoms with van der Waals surface area (Å²) in [5.41, 5.74) is 1.68. The fraction of sp³-hybridized carbons (Fsp3) is 0.500. The first-order chi connectivity index (χ1) is 15.6. The van der Waals surface area contributed by atoms with E-state index < -0.39 is 0 Å². The molecule has 0 spiro atoms. The number of piperazine rings is 1. The Morgan fingerprint density at radius 1 is 0.969 bits per heavy atom. The molecule has 6 heteroatoms. The maximum Gasteiger partial charge on any atom is 0.254 e. The molecule has 2 aromatic carbocycles. The van der Waals surface area contributed by atoms with Crippen LogP contribution in [0.4, 0.5) is 10.1 Å². The molecule has 172 valence electrons. The first kappa shape index (κ1) is 22.6. The summed E-state index contributed by atoms with van der Waals surface area (Å²) in [7, 11) is 0. The third-order valence-corrected chi connectivity index (χ3v) is 6.52. The minimum absolute atomic E-state index is 0.0366. The number of amides is 1. The van der Waals surface area contributed by atoms with Crippen molar-refractivity contribution in [2.24, 2.45) is 0 Å². The van der Waals surface area contributed by atoms with E-state index in [2.05, 4.69) is 28.9 Å². The van der Waals surface area contributed by atoms with Crippen LogP contribution in [0.25, 0.3) is 0 Å². The average molecular weight is 440 g/mol. The van der Waals surface area contributed by atoms with Crippen LogP contribution in [-0.2, 0) is 0 Å². The van der Waals surface area contributed by atoms with Crippen LogP contribution in [0, 0.1) is 5.82 Å². The van der Waals surface area contributed by atoms with Gasteiger partial charge >= 0.3 is 0 Å². The van der Waals surface area contributed by atoms with E-state index in [9.17, 15) is 9.18 Å². The number of anilines is 1. The zero-order chi connectivity index (χ0) is 22.3. The van der Waals surface area contributed by atoms with Gasteiger partial charge in [0, 0.05) is 43.5 Å². The molecule has 4 rings (SSSR count). The molecule has 2 aromatic rings. The largest absolute Gasteiger partial charge is 0.494 e. The topological polar surface area (TPSA) is 36.0 Å². The summed E-state index contributed by atoms with van der Waals surface area (Å²) in [4.78, 5) is 19.5. The lowest BCUT2D eigenvalue weighted by atomic mass is 10.1. The Morgan fingerprint density at radius 2 is 1.69 bits per heavy atom. The molecule has 2 saturated heterocycles. The fourth-order valence-electron chi connectivity index (χ4n) is 4.67. The monoisotopic (exact) mass is 439 g/mol. The quantitative estimate of drug-likeness (QED) is 0.598. The molecule has 0 radical (unpaired) electrons. The number of hydrogen-bond donors (Lipinski definition) is 0. The average Bonchev–Trinajstić information content (AvgIpc) is 2.83. The maximum atomic E-state index is 13.2. The summed E-state index contributed by atoms with van der Waals surface area (Å²) in [6.45, 7) is 8.58. The predicted molar refractivity (Wildman–Crippen MR) is 126 cm³/mol. The van der Waals surface area contributed by atoms with Crippen LogP contribution in [-0.4, -0.2) is 67.6 Å². The van der Waals surface area contributed by atoms with E-state index in [1.807, 2.05) is 17.0 Å². The zero-order valence-electron chi connectivity index (χ0n) is 19.0. The van der Waals surface area contributed by atoms with Crippen molar-refractivity contribution in [3.8, 4) is 5.75 Å². The van der Waals surface area contributed by atoms with Gasteiger partial charge in [-0.1, -0.05) is 6.42 Å². The Bertz CT molecular complexity index is 866.